The van der Waals surface area contributed by atoms with E-state index in [4.69, 9.17) is 4.74 Å². The summed E-state index contributed by atoms with van der Waals surface area (Å²) in [6, 6.07) is 0. The van der Waals surface area contributed by atoms with Crippen LogP contribution in [0.3, 0.4) is 0 Å². The summed E-state index contributed by atoms with van der Waals surface area (Å²) in [5, 5.41) is 31.9. The molecule has 4 saturated carbocycles. The quantitative estimate of drug-likeness (QED) is 0.723. The highest BCUT2D eigenvalue weighted by Crippen LogP contribution is 2.66. The Morgan fingerprint density at radius 3 is 2.50 bits per heavy atom. The highest BCUT2D eigenvalue weighted by Gasteiger charge is 2.63. The van der Waals surface area contributed by atoms with Crippen molar-refractivity contribution in [2.75, 3.05) is 13.7 Å². The molecule has 0 heterocycles. The van der Waals surface area contributed by atoms with Gasteiger partial charge in [0.15, 0.2) is 0 Å². The topological polar surface area (TPSA) is 69.9 Å². The lowest BCUT2D eigenvalue weighted by Gasteiger charge is -2.62. The Morgan fingerprint density at radius 2 is 1.75 bits per heavy atom. The van der Waals surface area contributed by atoms with Crippen molar-refractivity contribution in [3.8, 4) is 0 Å². The minimum absolute atomic E-state index is 0.145. The maximum absolute atomic E-state index is 11.1. The number of ether oxygens (including phenoxy) is 1. The van der Waals surface area contributed by atoms with Crippen molar-refractivity contribution < 1.29 is 20.1 Å². The van der Waals surface area contributed by atoms with Crippen LogP contribution in [0.4, 0.5) is 0 Å². The maximum atomic E-state index is 11.1. The molecule has 0 bridgehead atoms. The molecule has 4 heteroatoms. The van der Waals surface area contributed by atoms with Crippen LogP contribution in [0.25, 0.3) is 0 Å². The molecule has 0 aliphatic heterocycles. The van der Waals surface area contributed by atoms with Crippen molar-refractivity contribution in [3.63, 3.8) is 0 Å². The second-order valence-electron chi connectivity index (χ2n) is 9.52. The first-order chi connectivity index (χ1) is 11.4. The van der Waals surface area contributed by atoms with Crippen LogP contribution in [0.5, 0.6) is 0 Å². The van der Waals surface area contributed by atoms with Crippen molar-refractivity contribution in [1.29, 1.82) is 0 Å². The van der Waals surface area contributed by atoms with Crippen molar-refractivity contribution in [2.24, 2.45) is 34.5 Å². The summed E-state index contributed by atoms with van der Waals surface area (Å²) in [6.07, 6.45) is 6.89. The van der Waals surface area contributed by atoms with E-state index in [0.29, 0.717) is 30.3 Å². The van der Waals surface area contributed by atoms with Gasteiger partial charge in [-0.3, -0.25) is 0 Å². The molecule has 0 amide bonds. The van der Waals surface area contributed by atoms with E-state index in [-0.39, 0.29) is 29.1 Å². The first-order valence-corrected chi connectivity index (χ1v) is 9.95. The van der Waals surface area contributed by atoms with Crippen LogP contribution in [0, 0.1) is 34.5 Å². The van der Waals surface area contributed by atoms with Gasteiger partial charge in [0.05, 0.1) is 24.9 Å². The van der Waals surface area contributed by atoms with E-state index in [1.165, 1.54) is 0 Å². The molecule has 4 fully saturated rings. The Labute approximate surface area is 145 Å². The number of aliphatic hydroxyl groups is 3. The SMILES string of the molecule is COC[C@]12CC[C@H]3[C@@H]([C@@H](O)C[C@H]4C[C@H](O)CC[C@@]43C)[C@@H]1CC[C@@H]2O. The zero-order chi connectivity index (χ0) is 17.1. The summed E-state index contributed by atoms with van der Waals surface area (Å²) < 4.78 is 5.54. The van der Waals surface area contributed by atoms with Gasteiger partial charge in [-0.15, -0.1) is 0 Å². The van der Waals surface area contributed by atoms with E-state index in [1.54, 1.807) is 7.11 Å². The molecule has 0 aromatic heterocycles. The fourth-order valence-corrected chi connectivity index (χ4v) is 7.53. The molecule has 4 aliphatic rings. The Hall–Kier alpha value is -0.160. The van der Waals surface area contributed by atoms with Crippen molar-refractivity contribution in [1.82, 2.24) is 0 Å². The van der Waals surface area contributed by atoms with Gasteiger partial charge in [0.25, 0.3) is 0 Å². The Bertz CT molecular complexity index is 482. The molecule has 138 valence electrons. The monoisotopic (exact) mass is 338 g/mol. The Kier molecular flexibility index (Phi) is 4.27. The molecule has 4 aliphatic carbocycles. The molecule has 0 radical (unpaired) electrons. The minimum Gasteiger partial charge on any atom is -0.393 e. The van der Waals surface area contributed by atoms with Crippen LogP contribution in [-0.2, 0) is 4.74 Å². The zero-order valence-corrected chi connectivity index (χ0v) is 15.2. The average Bonchev–Trinajstić information content (AvgIpc) is 2.87. The fraction of sp³-hybridized carbons (Fsp3) is 1.00. The lowest BCUT2D eigenvalue weighted by molar-refractivity contribution is -0.189. The first kappa shape index (κ1) is 17.3. The molecule has 3 N–H and O–H groups in total. The molecule has 0 unspecified atom stereocenters. The predicted octanol–water partition coefficient (Wildman–Crippen LogP) is 2.35. The molecule has 0 aromatic carbocycles. The molecular weight excluding hydrogens is 304 g/mol. The Morgan fingerprint density at radius 1 is 0.958 bits per heavy atom. The number of fused-ring (bicyclic) bond motifs is 5. The van der Waals surface area contributed by atoms with Crippen LogP contribution in [0.15, 0.2) is 0 Å². The minimum atomic E-state index is -0.287. The van der Waals surface area contributed by atoms with E-state index < -0.39 is 0 Å². The summed E-state index contributed by atoms with van der Waals surface area (Å²) in [4.78, 5) is 0. The molecule has 0 saturated heterocycles. The van der Waals surface area contributed by atoms with Gasteiger partial charge in [-0.1, -0.05) is 6.92 Å². The van der Waals surface area contributed by atoms with E-state index in [9.17, 15) is 15.3 Å². The van der Waals surface area contributed by atoms with E-state index in [2.05, 4.69) is 6.92 Å². The van der Waals surface area contributed by atoms with Gasteiger partial charge in [0.2, 0.25) is 0 Å². The van der Waals surface area contributed by atoms with Crippen LogP contribution >= 0.6 is 0 Å². The third-order valence-electron chi connectivity index (χ3n) is 8.74. The van der Waals surface area contributed by atoms with Crippen LogP contribution in [0.2, 0.25) is 0 Å². The largest absolute Gasteiger partial charge is 0.393 e. The van der Waals surface area contributed by atoms with Gasteiger partial charge >= 0.3 is 0 Å². The average molecular weight is 338 g/mol. The van der Waals surface area contributed by atoms with Crippen molar-refractivity contribution in [2.45, 2.75) is 76.6 Å². The number of aliphatic hydroxyl groups excluding tert-OH is 3. The third kappa shape index (κ3) is 2.26. The van der Waals surface area contributed by atoms with E-state index in [1.807, 2.05) is 0 Å². The second-order valence-corrected chi connectivity index (χ2v) is 9.52. The van der Waals surface area contributed by atoms with E-state index in [0.717, 1.165) is 51.4 Å². The van der Waals surface area contributed by atoms with Gasteiger partial charge in [0, 0.05) is 12.5 Å². The van der Waals surface area contributed by atoms with Crippen LogP contribution < -0.4 is 0 Å². The molecule has 0 spiro atoms. The molecule has 4 rings (SSSR count). The van der Waals surface area contributed by atoms with Gasteiger partial charge in [-0.05, 0) is 80.5 Å². The molecule has 9 atom stereocenters. The number of methoxy groups -OCH3 is 1. The normalized spacial score (nSPS) is 57.1. The van der Waals surface area contributed by atoms with Crippen LogP contribution in [0.1, 0.15) is 58.3 Å². The fourth-order valence-electron chi connectivity index (χ4n) is 7.53. The summed E-state index contributed by atoms with van der Waals surface area (Å²) >= 11 is 0. The number of hydrogen-bond acceptors (Lipinski definition) is 4. The number of rotatable bonds is 2. The summed E-state index contributed by atoms with van der Waals surface area (Å²) in [7, 11) is 1.74. The second kappa shape index (κ2) is 5.94. The molecule has 4 nitrogen and oxygen atoms in total. The Balaban J connectivity index is 1.67. The molecule has 0 aromatic rings. The predicted molar refractivity (Wildman–Crippen MR) is 91.3 cm³/mol. The lowest BCUT2D eigenvalue weighted by atomic mass is 9.44. The van der Waals surface area contributed by atoms with Gasteiger partial charge in [-0.25, -0.2) is 0 Å². The first-order valence-electron chi connectivity index (χ1n) is 9.95. The summed E-state index contributed by atoms with van der Waals surface area (Å²) in [5.41, 5.74) is 0.101. The summed E-state index contributed by atoms with van der Waals surface area (Å²) in [5.74, 6) is 1.64. The van der Waals surface area contributed by atoms with Gasteiger partial charge < -0.3 is 20.1 Å². The zero-order valence-electron chi connectivity index (χ0n) is 15.2. The van der Waals surface area contributed by atoms with Crippen molar-refractivity contribution >= 4 is 0 Å². The molecule has 24 heavy (non-hydrogen) atoms. The highest BCUT2D eigenvalue weighted by atomic mass is 16.5. The highest BCUT2D eigenvalue weighted by molar-refractivity contribution is 5.12. The van der Waals surface area contributed by atoms with Gasteiger partial charge in [-0.2, -0.15) is 0 Å². The smallest absolute Gasteiger partial charge is 0.0621 e. The summed E-state index contributed by atoms with van der Waals surface area (Å²) in [6.45, 7) is 3.04. The maximum Gasteiger partial charge on any atom is 0.0621 e. The lowest BCUT2D eigenvalue weighted by Crippen LogP contribution is -2.60. The standard InChI is InChI=1S/C20H34O4/c1-19-7-5-13(21)9-12(19)10-16(22)18-14(19)6-8-20(11-24-2)15(18)3-4-17(20)23/h12-18,21-23H,3-11H2,1-2H3/t12-,13-,14+,15+,16+,17+,18-,19+,20-/m1/s1. The number of hydrogen-bond donors (Lipinski definition) is 3. The van der Waals surface area contributed by atoms with Crippen molar-refractivity contribution in [3.05, 3.63) is 0 Å². The van der Waals surface area contributed by atoms with E-state index >= 15 is 0 Å². The van der Waals surface area contributed by atoms with Gasteiger partial charge in [0.1, 0.15) is 0 Å². The molecular formula is C20H34O4. The third-order valence-corrected chi connectivity index (χ3v) is 8.74. The van der Waals surface area contributed by atoms with Crippen LogP contribution in [-0.4, -0.2) is 47.3 Å².